The summed E-state index contributed by atoms with van der Waals surface area (Å²) in [6.45, 7) is 4.37. The number of carbonyl (C=O) groups is 1. The van der Waals surface area contributed by atoms with E-state index in [2.05, 4.69) is 15.5 Å². The van der Waals surface area contributed by atoms with E-state index in [0.29, 0.717) is 17.3 Å². The molecule has 0 aromatic heterocycles. The van der Waals surface area contributed by atoms with Crippen LogP contribution in [0.5, 0.6) is 0 Å². The number of hydrogen-bond donors (Lipinski definition) is 2. The van der Waals surface area contributed by atoms with Crippen molar-refractivity contribution in [2.45, 2.75) is 13.0 Å². The first kappa shape index (κ1) is 17.2. The number of urea groups is 1. The molecule has 2 N–H and O–H groups in total. The second-order valence-electron chi connectivity index (χ2n) is 5.22. The van der Waals surface area contributed by atoms with Crippen LogP contribution in [0.15, 0.2) is 18.2 Å². The first-order chi connectivity index (χ1) is 10.6. The fourth-order valence-corrected chi connectivity index (χ4v) is 3.53. The molecule has 1 heterocycles. The maximum Gasteiger partial charge on any atom is 0.319 e. The van der Waals surface area contributed by atoms with E-state index >= 15 is 0 Å². The predicted octanol–water partition coefficient (Wildman–Crippen LogP) is 3.05. The highest BCUT2D eigenvalue weighted by Gasteiger charge is 2.15. The van der Waals surface area contributed by atoms with Crippen molar-refractivity contribution < 1.29 is 9.53 Å². The Morgan fingerprint density at radius 2 is 2.18 bits per heavy atom. The summed E-state index contributed by atoms with van der Waals surface area (Å²) in [4.78, 5) is 14.1. The van der Waals surface area contributed by atoms with Gasteiger partial charge >= 0.3 is 6.03 Å². The minimum absolute atomic E-state index is 0.0504. The van der Waals surface area contributed by atoms with Crippen molar-refractivity contribution in [1.82, 2.24) is 5.32 Å². The molecule has 0 radical (unpaired) electrons. The van der Waals surface area contributed by atoms with Crippen molar-refractivity contribution in [2.75, 3.05) is 48.5 Å². The number of anilines is 2. The lowest BCUT2D eigenvalue weighted by Crippen LogP contribution is -2.38. The molecule has 1 aromatic rings. The van der Waals surface area contributed by atoms with E-state index in [1.807, 2.05) is 30.8 Å². The number of ether oxygens (including phenoxy) is 1. The third-order valence-corrected chi connectivity index (χ3v) is 4.60. The third kappa shape index (κ3) is 4.97. The van der Waals surface area contributed by atoms with Gasteiger partial charge in [-0.25, -0.2) is 4.79 Å². The van der Waals surface area contributed by atoms with Gasteiger partial charge in [0.05, 0.1) is 23.4 Å². The molecule has 0 aliphatic carbocycles. The van der Waals surface area contributed by atoms with E-state index in [4.69, 9.17) is 16.3 Å². The van der Waals surface area contributed by atoms with Crippen molar-refractivity contribution in [3.63, 3.8) is 0 Å². The quantitative estimate of drug-likeness (QED) is 0.862. The lowest BCUT2D eigenvalue weighted by atomic mass is 10.2. The summed E-state index contributed by atoms with van der Waals surface area (Å²) < 4.78 is 4.99. The number of nitrogens with zero attached hydrogens (tertiary/aromatic N) is 1. The van der Waals surface area contributed by atoms with Crippen LogP contribution in [0.4, 0.5) is 16.2 Å². The van der Waals surface area contributed by atoms with Gasteiger partial charge in [0.1, 0.15) is 0 Å². The number of thioether (sulfide) groups is 1. The van der Waals surface area contributed by atoms with E-state index < -0.39 is 0 Å². The fraction of sp³-hybridized carbons (Fsp3) is 0.533. The minimum atomic E-state index is -0.261. The van der Waals surface area contributed by atoms with Crippen molar-refractivity contribution in [3.8, 4) is 0 Å². The largest absolute Gasteiger partial charge is 0.383 e. The Labute approximate surface area is 140 Å². The maximum absolute atomic E-state index is 11.9. The molecule has 0 spiro atoms. The molecule has 1 fully saturated rings. The first-order valence-electron chi connectivity index (χ1n) is 7.29. The van der Waals surface area contributed by atoms with E-state index in [0.717, 1.165) is 30.3 Å². The van der Waals surface area contributed by atoms with Gasteiger partial charge in [-0.3, -0.25) is 0 Å². The Kier molecular flexibility index (Phi) is 6.67. The van der Waals surface area contributed by atoms with E-state index in [9.17, 15) is 4.79 Å². The smallest absolute Gasteiger partial charge is 0.319 e. The second kappa shape index (κ2) is 8.50. The molecule has 0 unspecified atom stereocenters. The topological polar surface area (TPSA) is 53.6 Å². The number of rotatable bonds is 5. The van der Waals surface area contributed by atoms with Crippen LogP contribution in [0.2, 0.25) is 5.02 Å². The lowest BCUT2D eigenvalue weighted by Gasteiger charge is -2.29. The Morgan fingerprint density at radius 3 is 2.82 bits per heavy atom. The summed E-state index contributed by atoms with van der Waals surface area (Å²) in [5.41, 5.74) is 1.71. The Balaban J connectivity index is 1.95. The maximum atomic E-state index is 11.9. The SMILES string of the molecule is COC[C@@H](C)NC(=O)Nc1ccc(N2CCSCC2)c(Cl)c1. The van der Waals surface area contributed by atoms with Crippen LogP contribution in [0.1, 0.15) is 6.92 Å². The third-order valence-electron chi connectivity index (χ3n) is 3.35. The molecular formula is C15H22ClN3O2S. The molecule has 1 aliphatic heterocycles. The summed E-state index contributed by atoms with van der Waals surface area (Å²) in [5, 5.41) is 6.25. The Morgan fingerprint density at radius 1 is 1.45 bits per heavy atom. The number of carbonyl (C=O) groups excluding carboxylic acids is 1. The molecule has 22 heavy (non-hydrogen) atoms. The number of nitrogens with one attached hydrogen (secondary N) is 2. The number of halogens is 1. The highest BCUT2D eigenvalue weighted by Crippen LogP contribution is 2.30. The predicted molar refractivity (Wildman–Crippen MR) is 94.5 cm³/mol. The van der Waals surface area contributed by atoms with Gasteiger partial charge in [-0.1, -0.05) is 11.6 Å². The number of hydrogen-bond acceptors (Lipinski definition) is 4. The van der Waals surface area contributed by atoms with Crippen LogP contribution >= 0.6 is 23.4 Å². The molecule has 1 aliphatic rings. The summed E-state index contributed by atoms with van der Waals surface area (Å²) in [7, 11) is 1.60. The molecule has 5 nitrogen and oxygen atoms in total. The van der Waals surface area contributed by atoms with Gasteiger partial charge in [0.25, 0.3) is 0 Å². The average molecular weight is 344 g/mol. The Hall–Kier alpha value is -1.11. The molecular weight excluding hydrogens is 322 g/mol. The van der Waals surface area contributed by atoms with Gasteiger partial charge in [-0.05, 0) is 25.1 Å². The van der Waals surface area contributed by atoms with Crippen molar-refractivity contribution >= 4 is 40.8 Å². The summed E-state index contributed by atoms with van der Waals surface area (Å²) in [6, 6.07) is 5.32. The normalized spacial score (nSPS) is 16.2. The number of benzene rings is 1. The highest BCUT2D eigenvalue weighted by molar-refractivity contribution is 7.99. The number of amides is 2. The first-order valence-corrected chi connectivity index (χ1v) is 8.82. The van der Waals surface area contributed by atoms with Crippen molar-refractivity contribution in [2.24, 2.45) is 0 Å². The Bertz CT molecular complexity index is 510. The molecule has 0 bridgehead atoms. The zero-order chi connectivity index (χ0) is 15.9. The number of methoxy groups -OCH3 is 1. The van der Waals surface area contributed by atoms with Gasteiger partial charge in [-0.2, -0.15) is 11.8 Å². The summed E-state index contributed by atoms with van der Waals surface area (Å²) >= 11 is 8.32. The van der Waals surface area contributed by atoms with Gasteiger partial charge in [0.2, 0.25) is 0 Å². The van der Waals surface area contributed by atoms with Crippen LogP contribution in [0.3, 0.4) is 0 Å². The van der Waals surface area contributed by atoms with Crippen LogP contribution in [-0.2, 0) is 4.74 Å². The highest BCUT2D eigenvalue weighted by atomic mass is 35.5. The molecule has 7 heteroatoms. The molecule has 2 rings (SSSR count). The molecule has 1 atom stereocenters. The molecule has 1 aromatic carbocycles. The molecule has 122 valence electrons. The van der Waals surface area contributed by atoms with Crippen LogP contribution in [0, 0.1) is 0 Å². The summed E-state index contributed by atoms with van der Waals surface area (Å²) in [5.74, 6) is 2.24. The zero-order valence-corrected chi connectivity index (χ0v) is 14.5. The van der Waals surface area contributed by atoms with Crippen molar-refractivity contribution in [3.05, 3.63) is 23.2 Å². The van der Waals surface area contributed by atoms with E-state index in [1.165, 1.54) is 0 Å². The molecule has 0 saturated carbocycles. The lowest BCUT2D eigenvalue weighted by molar-refractivity contribution is 0.173. The summed E-state index contributed by atoms with van der Waals surface area (Å²) in [6.07, 6.45) is 0. The second-order valence-corrected chi connectivity index (χ2v) is 6.85. The average Bonchev–Trinajstić information content (AvgIpc) is 2.48. The molecule has 1 saturated heterocycles. The fourth-order valence-electron chi connectivity index (χ4n) is 2.33. The monoisotopic (exact) mass is 343 g/mol. The van der Waals surface area contributed by atoms with Gasteiger partial charge in [0, 0.05) is 37.4 Å². The molecule has 2 amide bonds. The zero-order valence-electron chi connectivity index (χ0n) is 12.9. The van der Waals surface area contributed by atoms with Crippen LogP contribution in [0.25, 0.3) is 0 Å². The van der Waals surface area contributed by atoms with Gasteiger partial charge in [-0.15, -0.1) is 0 Å². The van der Waals surface area contributed by atoms with Gasteiger partial charge in [0.15, 0.2) is 0 Å². The van der Waals surface area contributed by atoms with E-state index in [-0.39, 0.29) is 12.1 Å². The van der Waals surface area contributed by atoms with Gasteiger partial charge < -0.3 is 20.3 Å². The van der Waals surface area contributed by atoms with Crippen molar-refractivity contribution in [1.29, 1.82) is 0 Å². The van der Waals surface area contributed by atoms with Crippen LogP contribution < -0.4 is 15.5 Å². The standard InChI is InChI=1S/C15H22ClN3O2S/c1-11(10-21-2)17-15(20)18-12-3-4-14(13(16)9-12)19-5-7-22-8-6-19/h3-4,9,11H,5-8,10H2,1-2H3,(H2,17,18,20)/t11-/m1/s1. The van der Waals surface area contributed by atoms with E-state index in [1.54, 1.807) is 13.2 Å². The minimum Gasteiger partial charge on any atom is -0.383 e. The van der Waals surface area contributed by atoms with Crippen LogP contribution in [-0.4, -0.2) is 50.4 Å².